The van der Waals surface area contributed by atoms with E-state index in [1.165, 1.54) is 0 Å². The van der Waals surface area contributed by atoms with Crippen LogP contribution >= 0.6 is 0 Å². The van der Waals surface area contributed by atoms with E-state index in [0.29, 0.717) is 5.89 Å². The van der Waals surface area contributed by atoms with Crippen molar-refractivity contribution in [3.63, 3.8) is 0 Å². The summed E-state index contributed by atoms with van der Waals surface area (Å²) in [5, 5.41) is 6.77. The van der Waals surface area contributed by atoms with Crippen LogP contribution in [0.3, 0.4) is 0 Å². The van der Waals surface area contributed by atoms with Gasteiger partial charge in [0.1, 0.15) is 0 Å². The molecule has 0 amide bonds. The molecule has 0 aliphatic carbocycles. The first-order valence-corrected chi connectivity index (χ1v) is 5.64. The zero-order chi connectivity index (χ0) is 12.3. The molecule has 1 aromatic rings. The molecule has 17 heavy (non-hydrogen) atoms. The molecule has 0 spiro atoms. The van der Waals surface area contributed by atoms with Crippen molar-refractivity contribution in [1.82, 2.24) is 15.5 Å². The Morgan fingerprint density at radius 2 is 2.24 bits per heavy atom. The molecule has 1 aliphatic heterocycles. The molecule has 0 bridgehead atoms. The molecule has 2 rings (SSSR count). The maximum Gasteiger partial charge on any atom is 0.389 e. The predicted octanol–water partition coefficient (Wildman–Crippen LogP) is 2.03. The lowest BCUT2D eigenvalue weighted by atomic mass is 10.00. The Hall–Kier alpha value is -1.11. The molecular weight excluding hydrogens is 235 g/mol. The van der Waals surface area contributed by atoms with Gasteiger partial charge in [-0.05, 0) is 19.4 Å². The lowest BCUT2D eigenvalue weighted by Crippen LogP contribution is -2.28. The van der Waals surface area contributed by atoms with E-state index in [1.807, 2.05) is 0 Å². The molecule has 1 atom stereocenters. The quantitative estimate of drug-likeness (QED) is 0.890. The standard InChI is InChI=1S/C10H14F3N3O/c11-10(12,13)4-3-8-15-9(17-16-8)7-2-1-5-14-6-7/h7,14H,1-6H2. The Morgan fingerprint density at radius 1 is 1.41 bits per heavy atom. The fourth-order valence-electron chi connectivity index (χ4n) is 1.85. The summed E-state index contributed by atoms with van der Waals surface area (Å²) in [6.45, 7) is 1.71. The fourth-order valence-corrected chi connectivity index (χ4v) is 1.85. The maximum atomic E-state index is 12.0. The topological polar surface area (TPSA) is 51.0 Å². The van der Waals surface area contributed by atoms with Crippen LogP contribution in [0, 0.1) is 0 Å². The van der Waals surface area contributed by atoms with Crippen LogP contribution in [0.25, 0.3) is 0 Å². The van der Waals surface area contributed by atoms with Crippen LogP contribution in [0.5, 0.6) is 0 Å². The highest BCUT2D eigenvalue weighted by Crippen LogP contribution is 2.24. The number of hydrogen-bond donors (Lipinski definition) is 1. The summed E-state index contributed by atoms with van der Waals surface area (Å²) in [4.78, 5) is 4.02. The van der Waals surface area contributed by atoms with Gasteiger partial charge in [-0.25, -0.2) is 0 Å². The van der Waals surface area contributed by atoms with Crippen LogP contribution in [-0.4, -0.2) is 29.4 Å². The highest BCUT2D eigenvalue weighted by atomic mass is 19.4. The van der Waals surface area contributed by atoms with Crippen LogP contribution in [0.2, 0.25) is 0 Å². The largest absolute Gasteiger partial charge is 0.389 e. The molecule has 4 nitrogen and oxygen atoms in total. The van der Waals surface area contributed by atoms with Crippen molar-refractivity contribution >= 4 is 0 Å². The smallest absolute Gasteiger partial charge is 0.339 e. The number of hydrogen-bond acceptors (Lipinski definition) is 4. The zero-order valence-electron chi connectivity index (χ0n) is 9.26. The zero-order valence-corrected chi connectivity index (χ0v) is 9.26. The third-order valence-electron chi connectivity index (χ3n) is 2.76. The fraction of sp³-hybridized carbons (Fsp3) is 0.800. The Morgan fingerprint density at radius 3 is 2.88 bits per heavy atom. The number of aromatic nitrogens is 2. The van der Waals surface area contributed by atoms with Gasteiger partial charge in [-0.1, -0.05) is 5.16 Å². The van der Waals surface area contributed by atoms with Crippen molar-refractivity contribution < 1.29 is 17.7 Å². The number of alkyl halides is 3. The first-order chi connectivity index (χ1) is 8.04. The van der Waals surface area contributed by atoms with Gasteiger partial charge in [-0.3, -0.25) is 0 Å². The summed E-state index contributed by atoms with van der Waals surface area (Å²) in [5.41, 5.74) is 0. The van der Waals surface area contributed by atoms with Crippen LogP contribution in [0.1, 0.15) is 36.9 Å². The predicted molar refractivity (Wildman–Crippen MR) is 53.5 cm³/mol. The van der Waals surface area contributed by atoms with Crippen molar-refractivity contribution in [2.24, 2.45) is 0 Å². The Bertz CT molecular complexity index is 358. The molecule has 0 radical (unpaired) electrons. The van der Waals surface area contributed by atoms with Crippen LogP contribution in [0.15, 0.2) is 4.52 Å². The van der Waals surface area contributed by atoms with Gasteiger partial charge in [-0.2, -0.15) is 18.2 Å². The maximum absolute atomic E-state index is 12.0. The Labute approximate surface area is 96.6 Å². The first-order valence-electron chi connectivity index (χ1n) is 5.64. The van der Waals surface area contributed by atoms with Gasteiger partial charge < -0.3 is 9.84 Å². The molecule has 0 saturated carbocycles. The van der Waals surface area contributed by atoms with Gasteiger partial charge in [0, 0.05) is 13.0 Å². The van der Waals surface area contributed by atoms with E-state index in [0.717, 1.165) is 25.9 Å². The van der Waals surface area contributed by atoms with Crippen molar-refractivity contribution in [2.45, 2.75) is 37.8 Å². The average molecular weight is 249 g/mol. The van der Waals surface area contributed by atoms with E-state index < -0.39 is 12.6 Å². The van der Waals surface area contributed by atoms with E-state index in [4.69, 9.17) is 4.52 Å². The number of nitrogens with one attached hydrogen (secondary N) is 1. The number of halogens is 3. The summed E-state index contributed by atoms with van der Waals surface area (Å²) in [7, 11) is 0. The van der Waals surface area contributed by atoms with E-state index in [9.17, 15) is 13.2 Å². The van der Waals surface area contributed by atoms with Crippen molar-refractivity contribution in [1.29, 1.82) is 0 Å². The third kappa shape index (κ3) is 3.69. The molecule has 0 aromatic carbocycles. The summed E-state index contributed by atoms with van der Waals surface area (Å²) in [6, 6.07) is 0. The van der Waals surface area contributed by atoms with E-state index >= 15 is 0 Å². The monoisotopic (exact) mass is 249 g/mol. The summed E-state index contributed by atoms with van der Waals surface area (Å²) < 4.78 is 41.0. The van der Waals surface area contributed by atoms with E-state index in [2.05, 4.69) is 15.5 Å². The molecule has 1 aliphatic rings. The second-order valence-corrected chi connectivity index (χ2v) is 4.21. The SMILES string of the molecule is FC(F)(F)CCc1noc(C2CCCNC2)n1. The average Bonchev–Trinajstić information content (AvgIpc) is 2.75. The molecule has 1 unspecified atom stereocenters. The summed E-state index contributed by atoms with van der Waals surface area (Å²) >= 11 is 0. The summed E-state index contributed by atoms with van der Waals surface area (Å²) in [5.74, 6) is 0.730. The molecule has 2 heterocycles. The van der Waals surface area contributed by atoms with Gasteiger partial charge in [0.15, 0.2) is 5.82 Å². The lowest BCUT2D eigenvalue weighted by molar-refractivity contribution is -0.134. The van der Waals surface area contributed by atoms with Gasteiger partial charge in [0.2, 0.25) is 5.89 Å². The minimum Gasteiger partial charge on any atom is -0.339 e. The summed E-state index contributed by atoms with van der Waals surface area (Å²) in [6.07, 6.45) is -3.34. The van der Waals surface area contributed by atoms with Crippen molar-refractivity contribution in [3.8, 4) is 0 Å². The molecular formula is C10H14F3N3O. The minimum atomic E-state index is -4.17. The van der Waals surface area contributed by atoms with Crippen molar-refractivity contribution in [3.05, 3.63) is 11.7 Å². The highest BCUT2D eigenvalue weighted by Gasteiger charge is 2.28. The van der Waals surface area contributed by atoms with Gasteiger partial charge >= 0.3 is 6.18 Å². The van der Waals surface area contributed by atoms with E-state index in [-0.39, 0.29) is 18.2 Å². The molecule has 1 saturated heterocycles. The normalized spacial score (nSPS) is 21.7. The second-order valence-electron chi connectivity index (χ2n) is 4.21. The lowest BCUT2D eigenvalue weighted by Gasteiger charge is -2.18. The van der Waals surface area contributed by atoms with Crippen LogP contribution in [-0.2, 0) is 6.42 Å². The minimum absolute atomic E-state index is 0.135. The Balaban J connectivity index is 1.91. The van der Waals surface area contributed by atoms with Crippen LogP contribution in [0.4, 0.5) is 13.2 Å². The number of rotatable bonds is 3. The van der Waals surface area contributed by atoms with Gasteiger partial charge in [0.25, 0.3) is 0 Å². The third-order valence-corrected chi connectivity index (χ3v) is 2.76. The second kappa shape index (κ2) is 5.03. The van der Waals surface area contributed by atoms with Crippen molar-refractivity contribution in [2.75, 3.05) is 13.1 Å². The van der Waals surface area contributed by atoms with Gasteiger partial charge in [0.05, 0.1) is 12.3 Å². The molecule has 7 heteroatoms. The first kappa shape index (κ1) is 12.3. The van der Waals surface area contributed by atoms with Gasteiger partial charge in [-0.15, -0.1) is 0 Å². The molecule has 1 fully saturated rings. The molecule has 1 aromatic heterocycles. The molecule has 1 N–H and O–H groups in total. The van der Waals surface area contributed by atoms with E-state index in [1.54, 1.807) is 0 Å². The van der Waals surface area contributed by atoms with Crippen LogP contribution < -0.4 is 5.32 Å². The highest BCUT2D eigenvalue weighted by molar-refractivity contribution is 4.97. The molecule has 96 valence electrons. The number of nitrogens with zero attached hydrogens (tertiary/aromatic N) is 2. The number of aryl methyl sites for hydroxylation is 1. The Kier molecular flexibility index (Phi) is 3.66. The number of piperidine rings is 1.